The van der Waals surface area contributed by atoms with E-state index >= 15 is 0 Å². The van der Waals surface area contributed by atoms with Crippen molar-refractivity contribution in [1.29, 1.82) is 0 Å². The molecule has 4 rings (SSSR count). The third-order valence-electron chi connectivity index (χ3n) is 4.41. The summed E-state index contributed by atoms with van der Waals surface area (Å²) >= 11 is 0. The molecule has 1 aliphatic carbocycles. The smallest absolute Gasteiger partial charge is 0.269 e. The van der Waals surface area contributed by atoms with Crippen molar-refractivity contribution in [2.45, 2.75) is 25.0 Å². The average Bonchev–Trinajstić information content (AvgIpc) is 3.10. The summed E-state index contributed by atoms with van der Waals surface area (Å²) in [5.41, 5.74) is 0.655. The Balaban J connectivity index is 1.45. The summed E-state index contributed by atoms with van der Waals surface area (Å²) in [5, 5.41) is 6.78. The molecule has 2 atom stereocenters. The molecule has 23 heavy (non-hydrogen) atoms. The van der Waals surface area contributed by atoms with Crippen molar-refractivity contribution in [1.82, 2.24) is 10.2 Å². The van der Waals surface area contributed by atoms with Crippen LogP contribution in [0.25, 0.3) is 0 Å². The number of likely N-dealkylation sites (tertiary alicyclic amines) is 1. The van der Waals surface area contributed by atoms with Crippen LogP contribution in [0.5, 0.6) is 0 Å². The van der Waals surface area contributed by atoms with Gasteiger partial charge >= 0.3 is 0 Å². The quantitative estimate of drug-likeness (QED) is 0.901. The minimum absolute atomic E-state index is 0.208. The average molecular weight is 317 g/mol. The second-order valence-corrected chi connectivity index (χ2v) is 6.20. The topological polar surface area (TPSA) is 71.0 Å². The molecule has 0 unspecified atom stereocenters. The van der Waals surface area contributed by atoms with Gasteiger partial charge in [-0.15, -0.1) is 0 Å². The van der Waals surface area contributed by atoms with Gasteiger partial charge in [-0.05, 0) is 31.0 Å². The summed E-state index contributed by atoms with van der Waals surface area (Å²) in [4.78, 5) is 31.5. The van der Waals surface area contributed by atoms with Crippen molar-refractivity contribution in [3.63, 3.8) is 0 Å². The highest BCUT2D eigenvalue weighted by Crippen LogP contribution is 2.29. The first-order chi connectivity index (χ1) is 11.1. The van der Waals surface area contributed by atoms with Gasteiger partial charge in [0.05, 0.1) is 12.5 Å². The summed E-state index contributed by atoms with van der Waals surface area (Å²) in [6.45, 7) is 0.709. The van der Waals surface area contributed by atoms with E-state index in [-0.39, 0.29) is 29.9 Å². The Bertz CT molecular complexity index is 702. The van der Waals surface area contributed by atoms with Crippen molar-refractivity contribution in [3.05, 3.63) is 35.6 Å². The van der Waals surface area contributed by atoms with Crippen LogP contribution in [0.2, 0.25) is 0 Å². The van der Waals surface area contributed by atoms with E-state index in [2.05, 4.69) is 10.5 Å². The van der Waals surface area contributed by atoms with E-state index in [1.807, 2.05) is 0 Å². The molecule has 2 heterocycles. The van der Waals surface area contributed by atoms with Gasteiger partial charge in [0.2, 0.25) is 0 Å². The number of amides is 2. The van der Waals surface area contributed by atoms with Crippen LogP contribution in [0.15, 0.2) is 29.4 Å². The van der Waals surface area contributed by atoms with Gasteiger partial charge in [-0.25, -0.2) is 4.39 Å². The largest absolute Gasteiger partial charge is 0.389 e. The Labute approximate surface area is 132 Å². The Morgan fingerprint density at radius 2 is 2.13 bits per heavy atom. The minimum Gasteiger partial charge on any atom is -0.389 e. The Morgan fingerprint density at radius 3 is 2.87 bits per heavy atom. The molecule has 3 aliphatic rings. The molecule has 1 saturated carbocycles. The lowest BCUT2D eigenvalue weighted by Crippen LogP contribution is -2.38. The monoisotopic (exact) mass is 317 g/mol. The number of nitrogens with one attached hydrogen (secondary N) is 1. The van der Waals surface area contributed by atoms with Gasteiger partial charge in [-0.2, -0.15) is 0 Å². The zero-order chi connectivity index (χ0) is 16.0. The highest BCUT2D eigenvalue weighted by atomic mass is 19.1. The molecule has 1 saturated heterocycles. The Morgan fingerprint density at radius 1 is 1.30 bits per heavy atom. The molecule has 2 fully saturated rings. The van der Waals surface area contributed by atoms with Crippen LogP contribution in [0.4, 0.5) is 4.39 Å². The minimum atomic E-state index is -0.447. The van der Waals surface area contributed by atoms with Gasteiger partial charge in [-0.1, -0.05) is 11.2 Å². The van der Waals surface area contributed by atoms with E-state index in [1.165, 1.54) is 18.2 Å². The van der Waals surface area contributed by atoms with Crippen LogP contribution in [-0.4, -0.2) is 47.7 Å². The van der Waals surface area contributed by atoms with E-state index in [9.17, 15) is 14.0 Å². The summed E-state index contributed by atoms with van der Waals surface area (Å²) in [6.07, 6.45) is 1.70. The molecule has 1 N–H and O–H groups in total. The fourth-order valence-corrected chi connectivity index (χ4v) is 3.00. The second-order valence-electron chi connectivity index (χ2n) is 6.20. The number of benzene rings is 1. The number of carbonyl (C=O) groups excluding carboxylic acids is 2. The van der Waals surface area contributed by atoms with E-state index < -0.39 is 5.82 Å². The number of nitrogens with zero attached hydrogens (tertiary/aromatic N) is 2. The van der Waals surface area contributed by atoms with Crippen LogP contribution < -0.4 is 5.32 Å². The van der Waals surface area contributed by atoms with Gasteiger partial charge in [0.25, 0.3) is 11.8 Å². The predicted octanol–water partition coefficient (Wildman–Crippen LogP) is 0.931. The first kappa shape index (κ1) is 14.2. The van der Waals surface area contributed by atoms with Crippen LogP contribution in [0.3, 0.4) is 0 Å². The molecular formula is C16H16FN3O3. The van der Waals surface area contributed by atoms with Gasteiger partial charge in [-0.3, -0.25) is 9.59 Å². The first-order valence-electron chi connectivity index (χ1n) is 7.71. The highest BCUT2D eigenvalue weighted by molar-refractivity contribution is 6.40. The van der Waals surface area contributed by atoms with E-state index in [1.54, 1.807) is 11.0 Å². The van der Waals surface area contributed by atoms with Gasteiger partial charge in [0.15, 0.2) is 11.8 Å². The number of rotatable bonds is 3. The Kier molecular flexibility index (Phi) is 3.28. The van der Waals surface area contributed by atoms with E-state index in [4.69, 9.17) is 4.84 Å². The van der Waals surface area contributed by atoms with Crippen molar-refractivity contribution in [3.8, 4) is 0 Å². The number of halogens is 1. The van der Waals surface area contributed by atoms with Gasteiger partial charge in [0.1, 0.15) is 5.82 Å². The number of hydrogen-bond acceptors (Lipinski definition) is 4. The molecule has 1 aromatic carbocycles. The molecule has 0 aromatic heterocycles. The lowest BCUT2D eigenvalue weighted by molar-refractivity contribution is -0.115. The van der Waals surface area contributed by atoms with Crippen LogP contribution in [0.1, 0.15) is 23.2 Å². The Hall–Kier alpha value is -2.44. The summed E-state index contributed by atoms with van der Waals surface area (Å²) in [6, 6.07) is 5.84. The van der Waals surface area contributed by atoms with Crippen molar-refractivity contribution >= 4 is 17.5 Å². The molecule has 120 valence electrons. The first-order valence-corrected chi connectivity index (χ1v) is 7.71. The van der Waals surface area contributed by atoms with Crippen LogP contribution in [0, 0.1) is 11.7 Å². The second kappa shape index (κ2) is 5.33. The third-order valence-corrected chi connectivity index (χ3v) is 4.41. The molecule has 0 spiro atoms. The van der Waals surface area contributed by atoms with Gasteiger partial charge in [0, 0.05) is 18.2 Å². The van der Waals surface area contributed by atoms with Crippen LogP contribution in [-0.2, 0) is 9.63 Å². The maximum absolute atomic E-state index is 13.3. The summed E-state index contributed by atoms with van der Waals surface area (Å²) in [7, 11) is 0. The lowest BCUT2D eigenvalue weighted by atomic mass is 10.0. The standard InChI is InChI=1S/C16H16FN3O3/c17-10-3-1-2-9(6-10)16(22)20-7-12-13(8-20)23-19-14(12)15(21)18-11-4-5-11/h1-3,6,11-13H,4-5,7-8H2,(H,18,21)/t12-,13+/m0/s1. The zero-order valence-corrected chi connectivity index (χ0v) is 12.4. The third kappa shape index (κ3) is 2.67. The molecule has 2 amide bonds. The van der Waals surface area contributed by atoms with Crippen molar-refractivity contribution in [2.75, 3.05) is 13.1 Å². The molecule has 0 bridgehead atoms. The number of fused-ring (bicyclic) bond motifs is 1. The summed E-state index contributed by atoms with van der Waals surface area (Å²) < 4.78 is 13.3. The molecule has 1 aromatic rings. The van der Waals surface area contributed by atoms with E-state index in [0.717, 1.165) is 12.8 Å². The lowest BCUT2D eigenvalue weighted by Gasteiger charge is -2.16. The molecule has 6 nitrogen and oxygen atoms in total. The molecule has 0 radical (unpaired) electrons. The van der Waals surface area contributed by atoms with E-state index in [0.29, 0.717) is 24.4 Å². The predicted molar refractivity (Wildman–Crippen MR) is 79.3 cm³/mol. The number of oxime groups is 1. The molecule has 7 heteroatoms. The van der Waals surface area contributed by atoms with Crippen LogP contribution >= 0.6 is 0 Å². The fourth-order valence-electron chi connectivity index (χ4n) is 3.00. The van der Waals surface area contributed by atoms with Crippen molar-refractivity contribution < 1.29 is 18.8 Å². The fraction of sp³-hybridized carbons (Fsp3) is 0.438. The number of carbonyl (C=O) groups is 2. The molecule has 2 aliphatic heterocycles. The number of hydrogen-bond donors (Lipinski definition) is 1. The molecular weight excluding hydrogens is 301 g/mol. The maximum Gasteiger partial charge on any atom is 0.269 e. The SMILES string of the molecule is O=C(NC1CC1)C1=NO[C@@H]2CN(C(=O)c3cccc(F)c3)C[C@H]12. The zero-order valence-electron chi connectivity index (χ0n) is 12.4. The van der Waals surface area contributed by atoms with Crippen molar-refractivity contribution in [2.24, 2.45) is 11.1 Å². The summed E-state index contributed by atoms with van der Waals surface area (Å²) in [5.74, 6) is -1.13. The normalized spacial score (nSPS) is 25.6. The van der Waals surface area contributed by atoms with Gasteiger partial charge < -0.3 is 15.1 Å². The maximum atomic E-state index is 13.3. The highest BCUT2D eigenvalue weighted by Gasteiger charge is 2.46.